The predicted octanol–water partition coefficient (Wildman–Crippen LogP) is 2.68. The van der Waals surface area contributed by atoms with Crippen molar-refractivity contribution in [3.8, 4) is 0 Å². The smallest absolute Gasteiger partial charge is 0.0475 e. The highest BCUT2D eigenvalue weighted by Gasteiger charge is 1.99. The summed E-state index contributed by atoms with van der Waals surface area (Å²) < 4.78 is 0. The molecule has 0 aromatic carbocycles. The van der Waals surface area contributed by atoms with Gasteiger partial charge in [-0.05, 0) is 30.5 Å². The van der Waals surface area contributed by atoms with Gasteiger partial charge in [0, 0.05) is 11.9 Å². The number of pyridine rings is 1. The average molecular weight is 147 g/mol. The van der Waals surface area contributed by atoms with Gasteiger partial charge >= 0.3 is 0 Å². The summed E-state index contributed by atoms with van der Waals surface area (Å²) in [4.78, 5) is 4.26. The Kier molecular flexibility index (Phi) is 2.42. The molecule has 0 aliphatic rings. The van der Waals surface area contributed by atoms with E-state index in [2.05, 4.69) is 24.6 Å². The van der Waals surface area contributed by atoms with Crippen LogP contribution in [0.1, 0.15) is 25.1 Å². The molecule has 0 amide bonds. The maximum absolute atomic E-state index is 4.26. The standard InChI is InChI=1S/C10H13N/c1-4-10-9(8(2)3)6-5-7-11-10/h5-7H,2,4H2,1,3H3. The first-order valence-electron chi connectivity index (χ1n) is 3.85. The molecule has 0 saturated heterocycles. The van der Waals surface area contributed by atoms with Gasteiger partial charge in [0.25, 0.3) is 0 Å². The molecular formula is C10H13N. The third kappa shape index (κ3) is 1.67. The fourth-order valence-electron chi connectivity index (χ4n) is 1.11. The van der Waals surface area contributed by atoms with E-state index in [0.717, 1.165) is 17.7 Å². The maximum Gasteiger partial charge on any atom is 0.0475 e. The van der Waals surface area contributed by atoms with Crippen molar-refractivity contribution in [2.24, 2.45) is 0 Å². The van der Waals surface area contributed by atoms with E-state index in [1.807, 2.05) is 19.2 Å². The normalized spacial score (nSPS) is 9.64. The van der Waals surface area contributed by atoms with Crippen LogP contribution in [0.5, 0.6) is 0 Å². The van der Waals surface area contributed by atoms with E-state index in [1.54, 1.807) is 0 Å². The fraction of sp³-hybridized carbons (Fsp3) is 0.300. The largest absolute Gasteiger partial charge is 0.261 e. The van der Waals surface area contributed by atoms with Crippen molar-refractivity contribution in [1.82, 2.24) is 4.98 Å². The Morgan fingerprint density at radius 3 is 2.82 bits per heavy atom. The van der Waals surface area contributed by atoms with Gasteiger partial charge < -0.3 is 0 Å². The molecule has 0 spiro atoms. The molecule has 1 aromatic heterocycles. The summed E-state index contributed by atoms with van der Waals surface area (Å²) in [6, 6.07) is 4.01. The number of rotatable bonds is 2. The highest BCUT2D eigenvalue weighted by atomic mass is 14.7. The van der Waals surface area contributed by atoms with Gasteiger partial charge in [0.1, 0.15) is 0 Å². The highest BCUT2D eigenvalue weighted by molar-refractivity contribution is 5.62. The van der Waals surface area contributed by atoms with Gasteiger partial charge in [-0.2, -0.15) is 0 Å². The van der Waals surface area contributed by atoms with Crippen molar-refractivity contribution in [2.45, 2.75) is 20.3 Å². The summed E-state index contributed by atoms with van der Waals surface area (Å²) in [6.07, 6.45) is 2.80. The van der Waals surface area contributed by atoms with E-state index in [1.165, 1.54) is 5.56 Å². The molecule has 58 valence electrons. The second kappa shape index (κ2) is 3.33. The van der Waals surface area contributed by atoms with Crippen LogP contribution in [-0.4, -0.2) is 4.98 Å². The SMILES string of the molecule is C=C(C)c1cccnc1CC. The Morgan fingerprint density at radius 2 is 2.36 bits per heavy atom. The van der Waals surface area contributed by atoms with Gasteiger partial charge in [-0.3, -0.25) is 4.98 Å². The van der Waals surface area contributed by atoms with Gasteiger partial charge in [0.05, 0.1) is 0 Å². The molecule has 0 atom stereocenters. The predicted molar refractivity (Wildman–Crippen MR) is 48.3 cm³/mol. The number of hydrogen-bond donors (Lipinski definition) is 0. The molecule has 0 bridgehead atoms. The summed E-state index contributed by atoms with van der Waals surface area (Å²) in [6.45, 7) is 8.01. The third-order valence-corrected chi connectivity index (χ3v) is 1.68. The van der Waals surface area contributed by atoms with E-state index in [4.69, 9.17) is 0 Å². The molecule has 0 aliphatic heterocycles. The van der Waals surface area contributed by atoms with Gasteiger partial charge in [-0.15, -0.1) is 0 Å². The molecule has 0 unspecified atom stereocenters. The van der Waals surface area contributed by atoms with Crippen molar-refractivity contribution in [3.63, 3.8) is 0 Å². The number of allylic oxidation sites excluding steroid dienone is 1. The van der Waals surface area contributed by atoms with Crippen LogP contribution in [0.15, 0.2) is 24.9 Å². The number of hydrogen-bond acceptors (Lipinski definition) is 1. The van der Waals surface area contributed by atoms with E-state index in [9.17, 15) is 0 Å². The fourth-order valence-corrected chi connectivity index (χ4v) is 1.11. The molecular weight excluding hydrogens is 134 g/mol. The minimum atomic E-state index is 0.975. The lowest BCUT2D eigenvalue weighted by Crippen LogP contribution is -1.92. The monoisotopic (exact) mass is 147 g/mol. The molecule has 1 rings (SSSR count). The van der Waals surface area contributed by atoms with Crippen molar-refractivity contribution < 1.29 is 0 Å². The van der Waals surface area contributed by atoms with Gasteiger partial charge in [-0.25, -0.2) is 0 Å². The maximum atomic E-state index is 4.26. The topological polar surface area (TPSA) is 12.9 Å². The average Bonchev–Trinajstić information content (AvgIpc) is 2.04. The summed E-state index contributed by atoms with van der Waals surface area (Å²) in [5, 5.41) is 0. The number of aromatic nitrogens is 1. The summed E-state index contributed by atoms with van der Waals surface area (Å²) in [7, 11) is 0. The second-order valence-corrected chi connectivity index (χ2v) is 2.63. The Morgan fingerprint density at radius 1 is 1.64 bits per heavy atom. The quantitative estimate of drug-likeness (QED) is 0.626. The highest BCUT2D eigenvalue weighted by Crippen LogP contribution is 2.14. The molecule has 0 fully saturated rings. The van der Waals surface area contributed by atoms with Gasteiger partial charge in [-0.1, -0.05) is 19.6 Å². The zero-order chi connectivity index (χ0) is 8.27. The van der Waals surface area contributed by atoms with E-state index >= 15 is 0 Å². The lowest BCUT2D eigenvalue weighted by molar-refractivity contribution is 1.02. The van der Waals surface area contributed by atoms with Gasteiger partial charge in [0.2, 0.25) is 0 Å². The molecule has 0 saturated carbocycles. The van der Waals surface area contributed by atoms with Crippen molar-refractivity contribution in [1.29, 1.82) is 0 Å². The van der Waals surface area contributed by atoms with E-state index in [0.29, 0.717) is 0 Å². The first-order chi connectivity index (χ1) is 5.25. The van der Waals surface area contributed by atoms with Crippen molar-refractivity contribution in [2.75, 3.05) is 0 Å². The minimum Gasteiger partial charge on any atom is -0.261 e. The Bertz CT molecular complexity index is 263. The van der Waals surface area contributed by atoms with Crippen molar-refractivity contribution in [3.05, 3.63) is 36.2 Å². The summed E-state index contributed by atoms with van der Waals surface area (Å²) >= 11 is 0. The second-order valence-electron chi connectivity index (χ2n) is 2.63. The van der Waals surface area contributed by atoms with Crippen LogP contribution < -0.4 is 0 Å². The molecule has 11 heavy (non-hydrogen) atoms. The van der Waals surface area contributed by atoms with E-state index < -0.39 is 0 Å². The van der Waals surface area contributed by atoms with Crippen molar-refractivity contribution >= 4 is 5.57 Å². The van der Waals surface area contributed by atoms with Crippen LogP contribution in [-0.2, 0) is 6.42 Å². The Balaban J connectivity index is 3.12. The Labute approximate surface area is 67.8 Å². The number of aryl methyl sites for hydroxylation is 1. The Hall–Kier alpha value is -1.11. The first kappa shape index (κ1) is 7.99. The van der Waals surface area contributed by atoms with Crippen LogP contribution in [0.3, 0.4) is 0 Å². The molecule has 0 N–H and O–H groups in total. The molecule has 1 aromatic rings. The molecule has 0 radical (unpaired) electrons. The third-order valence-electron chi connectivity index (χ3n) is 1.68. The minimum absolute atomic E-state index is 0.975. The zero-order valence-corrected chi connectivity index (χ0v) is 7.09. The molecule has 1 heterocycles. The lowest BCUT2D eigenvalue weighted by atomic mass is 10.1. The first-order valence-corrected chi connectivity index (χ1v) is 3.85. The van der Waals surface area contributed by atoms with Gasteiger partial charge in [0.15, 0.2) is 0 Å². The lowest BCUT2D eigenvalue weighted by Gasteiger charge is -2.04. The molecule has 1 nitrogen and oxygen atoms in total. The van der Waals surface area contributed by atoms with Crippen LogP contribution in [0.2, 0.25) is 0 Å². The van der Waals surface area contributed by atoms with Crippen LogP contribution in [0.4, 0.5) is 0 Å². The molecule has 0 aliphatic carbocycles. The molecule has 1 heteroatoms. The van der Waals surface area contributed by atoms with E-state index in [-0.39, 0.29) is 0 Å². The van der Waals surface area contributed by atoms with Crippen LogP contribution in [0.25, 0.3) is 5.57 Å². The van der Waals surface area contributed by atoms with Crippen LogP contribution in [0, 0.1) is 0 Å². The van der Waals surface area contributed by atoms with Crippen LogP contribution >= 0.6 is 0 Å². The number of nitrogens with zero attached hydrogens (tertiary/aromatic N) is 1. The zero-order valence-electron chi connectivity index (χ0n) is 7.09. The summed E-state index contributed by atoms with van der Waals surface area (Å²) in [5.41, 5.74) is 3.42. The summed E-state index contributed by atoms with van der Waals surface area (Å²) in [5.74, 6) is 0.